The van der Waals surface area contributed by atoms with E-state index in [0.717, 1.165) is 35.5 Å². The van der Waals surface area contributed by atoms with E-state index in [0.29, 0.717) is 0 Å². The lowest BCUT2D eigenvalue weighted by atomic mass is 9.80. The first-order valence-electron chi connectivity index (χ1n) is 22.3. The van der Waals surface area contributed by atoms with Gasteiger partial charge in [0.05, 0.1) is 16.7 Å². The molecule has 6 rings (SSSR count). The van der Waals surface area contributed by atoms with Crippen LogP contribution in [0.3, 0.4) is 0 Å². The van der Waals surface area contributed by atoms with Gasteiger partial charge in [0.25, 0.3) is 0 Å². The Morgan fingerprint density at radius 2 is 0.983 bits per heavy atom. The number of hydrogen-bond donors (Lipinski definition) is 2. The van der Waals surface area contributed by atoms with Crippen LogP contribution in [0.25, 0.3) is 11.0 Å². The molecule has 2 aromatic carbocycles. The first-order chi connectivity index (χ1) is 26.8. The summed E-state index contributed by atoms with van der Waals surface area (Å²) in [5.41, 5.74) is 14.2. The zero-order valence-corrected chi connectivity index (χ0v) is 42.8. The second kappa shape index (κ2) is 17.5. The zero-order valence-electron chi connectivity index (χ0n) is 42.8. The predicted octanol–water partition coefficient (Wildman–Crippen LogP) is 15.6. The number of nitrogens with one attached hydrogen (secondary N) is 2. The number of rotatable bonds is 0. The zero-order chi connectivity index (χ0) is 46.2. The van der Waals surface area contributed by atoms with Gasteiger partial charge >= 0.3 is 0 Å². The van der Waals surface area contributed by atoms with Gasteiger partial charge in [-0.25, -0.2) is 9.97 Å². The number of aliphatic imine (C=N–C) groups is 2. The SMILES string of the molecule is CC(C)(C)C1=CN=C(C(C)(C)C)C1.CC(C)(C)C1=Nc2cc(C(C)(C)C)ccc2C1.CC(C)(C)c1ccc2nc(C(C)(C)C)[nH]c2c1.CC(C)(C)c1cnc(C(C)(C)C)[nH]1. The van der Waals surface area contributed by atoms with Crippen LogP contribution in [0.2, 0.25) is 0 Å². The van der Waals surface area contributed by atoms with Crippen LogP contribution < -0.4 is 0 Å². The van der Waals surface area contributed by atoms with Crippen molar-refractivity contribution in [3.05, 3.63) is 88.4 Å². The van der Waals surface area contributed by atoms with Gasteiger partial charge in [-0.15, -0.1) is 0 Å². The first kappa shape index (κ1) is 50.6. The van der Waals surface area contributed by atoms with Crippen molar-refractivity contribution in [3.8, 4) is 0 Å². The maximum absolute atomic E-state index is 4.81. The van der Waals surface area contributed by atoms with E-state index in [9.17, 15) is 0 Å². The van der Waals surface area contributed by atoms with Crippen LogP contribution in [-0.2, 0) is 33.5 Å². The Hall–Kier alpha value is -3.80. The summed E-state index contributed by atoms with van der Waals surface area (Å²) in [6, 6.07) is 13.3. The Labute approximate surface area is 367 Å². The second-order valence-electron chi connectivity index (χ2n) is 25.4. The van der Waals surface area contributed by atoms with Crippen LogP contribution in [0, 0.1) is 16.2 Å². The van der Waals surface area contributed by atoms with Gasteiger partial charge in [0.2, 0.25) is 0 Å². The molecule has 6 nitrogen and oxygen atoms in total. The minimum atomic E-state index is 0.0704. The van der Waals surface area contributed by atoms with Crippen molar-refractivity contribution in [2.75, 3.05) is 0 Å². The molecule has 0 atom stereocenters. The number of aromatic nitrogens is 4. The Morgan fingerprint density at radius 1 is 0.467 bits per heavy atom. The lowest BCUT2D eigenvalue weighted by Gasteiger charge is -2.23. The quantitative estimate of drug-likeness (QED) is 0.185. The van der Waals surface area contributed by atoms with E-state index in [1.807, 2.05) is 6.20 Å². The predicted molar refractivity (Wildman–Crippen MR) is 264 cm³/mol. The van der Waals surface area contributed by atoms with Gasteiger partial charge in [-0.05, 0) is 56.7 Å². The highest BCUT2D eigenvalue weighted by molar-refractivity contribution is 5.97. The lowest BCUT2D eigenvalue weighted by molar-refractivity contribution is 0.493. The van der Waals surface area contributed by atoms with E-state index < -0.39 is 0 Å². The molecule has 2 aromatic heterocycles. The number of H-pyrrole nitrogens is 2. The van der Waals surface area contributed by atoms with E-state index >= 15 is 0 Å². The Kier molecular flexibility index (Phi) is 14.8. The van der Waals surface area contributed by atoms with E-state index in [1.54, 1.807) is 0 Å². The number of imidazole rings is 2. The van der Waals surface area contributed by atoms with Crippen LogP contribution in [0.15, 0.2) is 64.4 Å². The number of benzene rings is 2. The largest absolute Gasteiger partial charge is 0.345 e. The molecular formula is C54H86N6. The van der Waals surface area contributed by atoms with Crippen molar-refractivity contribution in [2.45, 2.75) is 206 Å². The van der Waals surface area contributed by atoms with Gasteiger partial charge in [0.15, 0.2) is 0 Å². The molecule has 0 spiro atoms. The minimum absolute atomic E-state index is 0.0704. The summed E-state index contributed by atoms with van der Waals surface area (Å²) in [7, 11) is 0. The summed E-state index contributed by atoms with van der Waals surface area (Å²) >= 11 is 0. The standard InChI is InChI=1S/C16H23N.C15H22N2.C12H21N.C11H20N2/c1-15(2,3)12-8-7-11-9-14(16(4,5)6)17-13(11)10-12;1-14(2,3)10-7-8-11-12(9-10)17-13(16-11)15(4,5)6;1-11(2,3)9-7-10(13-8-9)12(4,5)6;1-10(2,3)8-7-12-9(13-8)11(4,5)6/h7-8,10H,9H2,1-6H3;7-9H,1-6H3,(H,16,17);8H,7H2,1-6H3;7H,1-6H3,(H,12,13). The van der Waals surface area contributed by atoms with E-state index in [4.69, 9.17) is 4.99 Å². The maximum Gasteiger partial charge on any atom is 0.112 e. The Morgan fingerprint density at radius 3 is 1.38 bits per heavy atom. The average molecular weight is 819 g/mol. The van der Waals surface area contributed by atoms with Crippen LogP contribution in [0.5, 0.6) is 0 Å². The molecule has 0 saturated heterocycles. The van der Waals surface area contributed by atoms with Crippen molar-refractivity contribution in [1.29, 1.82) is 0 Å². The Bertz CT molecular complexity index is 2090. The molecule has 0 bridgehead atoms. The van der Waals surface area contributed by atoms with Gasteiger partial charge < -0.3 is 9.97 Å². The highest BCUT2D eigenvalue weighted by Crippen LogP contribution is 2.37. The summed E-state index contributed by atoms with van der Waals surface area (Å²) in [6.07, 6.45) is 6.08. The monoisotopic (exact) mass is 819 g/mol. The minimum Gasteiger partial charge on any atom is -0.345 e. The molecular weight excluding hydrogens is 733 g/mol. The summed E-state index contributed by atoms with van der Waals surface area (Å²) < 4.78 is 0. The van der Waals surface area contributed by atoms with E-state index in [-0.39, 0.29) is 43.3 Å². The van der Waals surface area contributed by atoms with Crippen molar-refractivity contribution in [1.82, 2.24) is 19.9 Å². The molecule has 4 heterocycles. The summed E-state index contributed by atoms with van der Waals surface area (Å²) in [6.45, 7) is 53.2. The summed E-state index contributed by atoms with van der Waals surface area (Å²) in [4.78, 5) is 25.2. The van der Waals surface area contributed by atoms with Crippen molar-refractivity contribution in [2.24, 2.45) is 26.2 Å². The maximum atomic E-state index is 4.81. The third-order valence-electron chi connectivity index (χ3n) is 11.1. The highest BCUT2D eigenvalue weighted by Gasteiger charge is 2.29. The summed E-state index contributed by atoms with van der Waals surface area (Å²) in [5.74, 6) is 2.12. The van der Waals surface area contributed by atoms with Crippen LogP contribution in [0.4, 0.5) is 5.69 Å². The molecule has 0 aliphatic carbocycles. The molecule has 332 valence electrons. The molecule has 0 unspecified atom stereocenters. The number of fused-ring (bicyclic) bond motifs is 2. The fourth-order valence-corrected chi connectivity index (χ4v) is 6.34. The Balaban J connectivity index is 0.000000216. The number of nitrogens with zero attached hydrogens (tertiary/aromatic N) is 4. The second-order valence-corrected chi connectivity index (χ2v) is 25.4. The molecule has 2 aliphatic heterocycles. The molecule has 4 aromatic rings. The fraction of sp³-hybridized carbons (Fsp3) is 0.630. The molecule has 0 radical (unpaired) electrons. The molecule has 0 fully saturated rings. The van der Waals surface area contributed by atoms with E-state index in [1.165, 1.54) is 45.1 Å². The van der Waals surface area contributed by atoms with E-state index in [2.05, 4.69) is 234 Å². The van der Waals surface area contributed by atoms with Crippen molar-refractivity contribution in [3.63, 3.8) is 0 Å². The van der Waals surface area contributed by atoms with Gasteiger partial charge in [-0.3, -0.25) is 9.98 Å². The number of aromatic amines is 2. The van der Waals surface area contributed by atoms with Crippen LogP contribution in [0.1, 0.15) is 207 Å². The molecule has 0 amide bonds. The normalized spacial score (nSPS) is 15.2. The molecule has 2 aliphatic rings. The van der Waals surface area contributed by atoms with Crippen molar-refractivity contribution >= 4 is 28.1 Å². The van der Waals surface area contributed by atoms with Gasteiger partial charge in [0.1, 0.15) is 11.6 Å². The number of hydrogen-bond acceptors (Lipinski definition) is 4. The molecule has 0 saturated carbocycles. The van der Waals surface area contributed by atoms with Gasteiger partial charge in [0, 0.05) is 69.4 Å². The first-order valence-corrected chi connectivity index (χ1v) is 22.3. The molecule has 60 heavy (non-hydrogen) atoms. The third-order valence-corrected chi connectivity index (χ3v) is 11.1. The third kappa shape index (κ3) is 14.1. The van der Waals surface area contributed by atoms with Gasteiger partial charge in [-0.2, -0.15) is 0 Å². The van der Waals surface area contributed by atoms with Crippen LogP contribution >= 0.6 is 0 Å². The molecule has 6 heteroatoms. The van der Waals surface area contributed by atoms with Crippen LogP contribution in [-0.4, -0.2) is 31.4 Å². The van der Waals surface area contributed by atoms with Crippen molar-refractivity contribution < 1.29 is 0 Å². The fourth-order valence-electron chi connectivity index (χ4n) is 6.34. The number of allylic oxidation sites excluding steroid dienone is 1. The summed E-state index contributed by atoms with van der Waals surface area (Å²) in [5, 5.41) is 0. The van der Waals surface area contributed by atoms with Gasteiger partial charge in [-0.1, -0.05) is 184 Å². The smallest absolute Gasteiger partial charge is 0.112 e. The topological polar surface area (TPSA) is 82.1 Å². The lowest BCUT2D eigenvalue weighted by Crippen LogP contribution is -2.20. The average Bonchev–Trinajstić information content (AvgIpc) is 3.87. The molecule has 2 N–H and O–H groups in total. The highest BCUT2D eigenvalue weighted by atomic mass is 14.9.